The molecule has 0 amide bonds. The highest BCUT2D eigenvalue weighted by Gasteiger charge is 2.42. The third-order valence-electron chi connectivity index (χ3n) is 6.74. The molecule has 228 valence electrons. The molecule has 43 heavy (non-hydrogen) atoms. The predicted molar refractivity (Wildman–Crippen MR) is 147 cm³/mol. The number of nitrogens with one attached hydrogen (secondary N) is 2. The van der Waals surface area contributed by atoms with Crippen LogP contribution < -0.4 is 29.8 Å². The number of methoxy groups -OCH3 is 2. The highest BCUT2D eigenvalue weighted by atomic mass is 19.4. The summed E-state index contributed by atoms with van der Waals surface area (Å²) in [6, 6.07) is 5.99. The third kappa shape index (κ3) is 6.39. The third-order valence-corrected chi connectivity index (χ3v) is 6.74. The van der Waals surface area contributed by atoms with Crippen LogP contribution >= 0.6 is 0 Å². The fourth-order valence-corrected chi connectivity index (χ4v) is 4.67. The molecule has 1 unspecified atom stereocenters. The molecule has 4 aromatic rings. The van der Waals surface area contributed by atoms with E-state index >= 15 is 0 Å². The number of β-amino-alcohol motifs (C(OH)–C–C–N with tert-alkyl or cyclic N) is 1. The lowest BCUT2D eigenvalue weighted by Crippen LogP contribution is -2.29. The topological polar surface area (TPSA) is 161 Å². The molecule has 2 aromatic heterocycles. The predicted octanol–water partition coefficient (Wildman–Crippen LogP) is 2.85. The molecule has 2 aromatic carbocycles. The van der Waals surface area contributed by atoms with Crippen LogP contribution in [0.15, 0.2) is 29.1 Å². The first-order valence-electron chi connectivity index (χ1n) is 13.0. The van der Waals surface area contributed by atoms with Crippen molar-refractivity contribution in [2.24, 2.45) is 0 Å². The van der Waals surface area contributed by atoms with Gasteiger partial charge in [0.15, 0.2) is 11.5 Å². The molecule has 1 aliphatic rings. The molecule has 3 N–H and O–H groups in total. The molecule has 1 aliphatic heterocycles. The van der Waals surface area contributed by atoms with E-state index < -0.39 is 34.9 Å². The normalized spacial score (nSPS) is 15.6. The van der Waals surface area contributed by atoms with Crippen LogP contribution in [0.4, 0.5) is 25.1 Å². The van der Waals surface area contributed by atoms with Gasteiger partial charge in [0.05, 0.1) is 31.5 Å². The van der Waals surface area contributed by atoms with E-state index in [1.54, 1.807) is 19.1 Å². The van der Waals surface area contributed by atoms with E-state index in [-0.39, 0.29) is 29.8 Å². The maximum atomic E-state index is 13.2. The van der Waals surface area contributed by atoms with Crippen molar-refractivity contribution in [3.8, 4) is 23.0 Å². The molecule has 16 heteroatoms. The molecule has 0 bridgehead atoms. The standard InChI is InChI=1S/C27H27F3N6O7/c1-13-16-10-15(40-2)11-19(41-3)21(16)33-25(31-13)35-26-32-17-4-5-18(42-9-8-36-7-6-14(37)12-36)22(20(17)23(38)34-26)43-24(39)27(28,29)30/h4-5,10-11,14,37H,6-9,12H2,1-3H3,(H2,31,32,33,34,35,38). The Morgan fingerprint density at radius 2 is 1.95 bits per heavy atom. The number of hydrogen-bond donors (Lipinski definition) is 3. The van der Waals surface area contributed by atoms with Gasteiger partial charge in [-0.15, -0.1) is 0 Å². The van der Waals surface area contributed by atoms with Crippen LogP contribution in [0.2, 0.25) is 0 Å². The summed E-state index contributed by atoms with van der Waals surface area (Å²) in [6.07, 6.45) is -5.21. The van der Waals surface area contributed by atoms with E-state index in [0.717, 1.165) is 0 Å². The number of likely N-dealkylation sites (tertiary alicyclic amines) is 1. The second kappa shape index (κ2) is 11.9. The van der Waals surface area contributed by atoms with E-state index in [1.807, 2.05) is 4.90 Å². The maximum absolute atomic E-state index is 13.2. The number of hydrogen-bond acceptors (Lipinski definition) is 12. The highest BCUT2D eigenvalue weighted by Crippen LogP contribution is 2.36. The lowest BCUT2D eigenvalue weighted by Gasteiger charge is -2.18. The van der Waals surface area contributed by atoms with E-state index in [2.05, 4.69) is 30.0 Å². The fraction of sp³-hybridized carbons (Fsp3) is 0.370. The number of aliphatic hydroxyl groups excluding tert-OH is 1. The number of halogens is 3. The van der Waals surface area contributed by atoms with Crippen molar-refractivity contribution < 1.29 is 42.0 Å². The van der Waals surface area contributed by atoms with Gasteiger partial charge in [0.25, 0.3) is 5.56 Å². The van der Waals surface area contributed by atoms with E-state index in [0.29, 0.717) is 54.2 Å². The summed E-state index contributed by atoms with van der Waals surface area (Å²) < 4.78 is 60.3. The molecule has 3 heterocycles. The van der Waals surface area contributed by atoms with Gasteiger partial charge in [-0.2, -0.15) is 13.2 Å². The zero-order valence-corrected chi connectivity index (χ0v) is 23.2. The SMILES string of the molecule is COc1cc(OC)c2nc(Nc3nc4ccc(OCCN5CCC(O)C5)c(OC(=O)C(F)(F)F)c4c(=O)[nH]3)nc(C)c2c1. The lowest BCUT2D eigenvalue weighted by molar-refractivity contribution is -0.189. The molecule has 1 fully saturated rings. The Morgan fingerprint density at radius 3 is 2.63 bits per heavy atom. The zero-order valence-electron chi connectivity index (χ0n) is 23.2. The largest absolute Gasteiger partial charge is 0.497 e. The molecule has 0 radical (unpaired) electrons. The van der Waals surface area contributed by atoms with Crippen LogP contribution in [0.1, 0.15) is 12.1 Å². The smallest absolute Gasteiger partial charge is 0.491 e. The van der Waals surface area contributed by atoms with Crippen LogP contribution in [0.3, 0.4) is 0 Å². The number of ether oxygens (including phenoxy) is 4. The van der Waals surface area contributed by atoms with Crippen LogP contribution in [0.5, 0.6) is 23.0 Å². The number of alkyl halides is 3. The van der Waals surface area contributed by atoms with E-state index in [4.69, 9.17) is 14.2 Å². The summed E-state index contributed by atoms with van der Waals surface area (Å²) in [5, 5.41) is 12.7. The van der Waals surface area contributed by atoms with Gasteiger partial charge in [0.1, 0.15) is 29.0 Å². The second-order valence-corrected chi connectivity index (χ2v) is 9.66. The van der Waals surface area contributed by atoms with Crippen molar-refractivity contribution in [3.63, 3.8) is 0 Å². The lowest BCUT2D eigenvalue weighted by atomic mass is 10.1. The number of H-pyrrole nitrogens is 1. The molecular weight excluding hydrogens is 577 g/mol. The molecule has 0 saturated carbocycles. The van der Waals surface area contributed by atoms with Crippen molar-refractivity contribution >= 4 is 39.7 Å². The van der Waals surface area contributed by atoms with Crippen LogP contribution in [0.25, 0.3) is 21.8 Å². The van der Waals surface area contributed by atoms with Crippen molar-refractivity contribution in [1.29, 1.82) is 0 Å². The summed E-state index contributed by atoms with van der Waals surface area (Å²) in [7, 11) is 2.98. The number of rotatable bonds is 9. The number of aromatic amines is 1. The van der Waals surface area contributed by atoms with Crippen molar-refractivity contribution in [2.45, 2.75) is 25.6 Å². The average molecular weight is 605 g/mol. The van der Waals surface area contributed by atoms with Gasteiger partial charge in [-0.3, -0.25) is 20.0 Å². The number of nitrogens with zero attached hydrogens (tertiary/aromatic N) is 4. The Kier molecular flexibility index (Phi) is 8.23. The summed E-state index contributed by atoms with van der Waals surface area (Å²) in [6.45, 7) is 3.13. The summed E-state index contributed by atoms with van der Waals surface area (Å²) in [5.74, 6) is -2.64. The Morgan fingerprint density at radius 1 is 1.16 bits per heavy atom. The summed E-state index contributed by atoms with van der Waals surface area (Å²) in [5.41, 5.74) is 0.00363. The number of aliphatic hydroxyl groups is 1. The number of carbonyl (C=O) groups excluding carboxylic acids is 1. The number of aryl methyl sites for hydroxylation is 1. The number of benzene rings is 2. The quantitative estimate of drug-likeness (QED) is 0.190. The summed E-state index contributed by atoms with van der Waals surface area (Å²) in [4.78, 5) is 42.4. The molecule has 0 spiro atoms. The van der Waals surface area contributed by atoms with Gasteiger partial charge < -0.3 is 24.1 Å². The van der Waals surface area contributed by atoms with Gasteiger partial charge in [-0.1, -0.05) is 0 Å². The molecule has 13 nitrogen and oxygen atoms in total. The van der Waals surface area contributed by atoms with Crippen molar-refractivity contribution in [3.05, 3.63) is 40.3 Å². The summed E-state index contributed by atoms with van der Waals surface area (Å²) >= 11 is 0. The fourth-order valence-electron chi connectivity index (χ4n) is 4.67. The number of fused-ring (bicyclic) bond motifs is 2. The molecule has 1 atom stereocenters. The average Bonchev–Trinajstić information content (AvgIpc) is 3.37. The van der Waals surface area contributed by atoms with Crippen molar-refractivity contribution in [1.82, 2.24) is 24.8 Å². The van der Waals surface area contributed by atoms with Gasteiger partial charge in [0.2, 0.25) is 11.9 Å². The van der Waals surface area contributed by atoms with Crippen LogP contribution in [-0.2, 0) is 4.79 Å². The maximum Gasteiger partial charge on any atom is 0.491 e. The van der Waals surface area contributed by atoms with Crippen LogP contribution in [0, 0.1) is 6.92 Å². The second-order valence-electron chi connectivity index (χ2n) is 9.66. The first kappa shape index (κ1) is 29.8. The molecule has 5 rings (SSSR count). The van der Waals surface area contributed by atoms with E-state index in [1.165, 1.54) is 26.4 Å². The zero-order chi connectivity index (χ0) is 30.9. The Balaban J connectivity index is 1.49. The van der Waals surface area contributed by atoms with Gasteiger partial charge in [0, 0.05) is 31.1 Å². The molecular formula is C27H27F3N6O7. The Bertz CT molecular complexity index is 1750. The first-order chi connectivity index (χ1) is 20.5. The van der Waals surface area contributed by atoms with Crippen molar-refractivity contribution in [2.75, 3.05) is 45.8 Å². The number of aromatic nitrogens is 4. The number of esters is 1. The minimum Gasteiger partial charge on any atom is -0.497 e. The number of carbonyl (C=O) groups is 1. The minimum absolute atomic E-state index is 0.00619. The van der Waals surface area contributed by atoms with Gasteiger partial charge in [-0.05, 0) is 31.5 Å². The van der Waals surface area contributed by atoms with Gasteiger partial charge >= 0.3 is 12.1 Å². The first-order valence-corrected chi connectivity index (χ1v) is 13.0. The molecule has 1 saturated heterocycles. The van der Waals surface area contributed by atoms with E-state index in [9.17, 15) is 27.9 Å². The number of anilines is 2. The highest BCUT2D eigenvalue weighted by molar-refractivity contribution is 5.92. The Hall–Kier alpha value is -4.70. The minimum atomic E-state index is -5.33. The Labute approximate surface area is 241 Å². The van der Waals surface area contributed by atoms with Crippen LogP contribution in [-0.4, -0.2) is 88.7 Å². The molecule has 0 aliphatic carbocycles. The monoisotopic (exact) mass is 604 g/mol. The van der Waals surface area contributed by atoms with Gasteiger partial charge in [-0.25, -0.2) is 19.7 Å².